The zero-order valence-electron chi connectivity index (χ0n) is 19.0. The number of esters is 1. The molecule has 180 valence electrons. The molecule has 0 saturated heterocycles. The number of ether oxygens (including phenoxy) is 1. The number of nitrogens with one attached hydrogen (secondary N) is 2. The van der Waals surface area contributed by atoms with Gasteiger partial charge < -0.3 is 15.2 Å². The van der Waals surface area contributed by atoms with Crippen molar-refractivity contribution in [2.75, 3.05) is 12.4 Å². The summed E-state index contributed by atoms with van der Waals surface area (Å²) in [4.78, 5) is 24.9. The van der Waals surface area contributed by atoms with E-state index in [1.807, 2.05) is 73.7 Å². The first-order chi connectivity index (χ1) is 16.5. The van der Waals surface area contributed by atoms with Gasteiger partial charge in [-0.15, -0.1) is 11.8 Å². The summed E-state index contributed by atoms with van der Waals surface area (Å²) in [6.45, 7) is 2.72. The van der Waals surface area contributed by atoms with E-state index in [2.05, 4.69) is 26.6 Å². The van der Waals surface area contributed by atoms with Crippen molar-refractivity contribution in [3.8, 4) is 0 Å². The second-order valence-electron chi connectivity index (χ2n) is 7.80. The fourth-order valence-corrected chi connectivity index (χ4v) is 4.96. The number of alkyl halides is 1. The molecule has 1 aliphatic rings. The van der Waals surface area contributed by atoms with E-state index in [1.54, 1.807) is 0 Å². The Bertz CT molecular complexity index is 1020. The van der Waals surface area contributed by atoms with Gasteiger partial charge in [0.2, 0.25) is 0 Å². The molecule has 2 unspecified atom stereocenters. The van der Waals surface area contributed by atoms with Crippen molar-refractivity contribution in [2.24, 2.45) is 0 Å². The Morgan fingerprint density at radius 1 is 1.18 bits per heavy atom. The molecule has 2 aromatic carbocycles. The van der Waals surface area contributed by atoms with Crippen LogP contribution in [0.3, 0.4) is 0 Å². The third kappa shape index (κ3) is 7.48. The van der Waals surface area contributed by atoms with Crippen LogP contribution in [0.1, 0.15) is 30.0 Å². The number of rotatable bonds is 11. The zero-order valence-corrected chi connectivity index (χ0v) is 21.4. The summed E-state index contributed by atoms with van der Waals surface area (Å²) in [6.07, 6.45) is 4.44. The van der Waals surface area contributed by atoms with Crippen LogP contribution in [0.4, 0.5) is 0 Å². The van der Waals surface area contributed by atoms with Gasteiger partial charge in [0.15, 0.2) is 0 Å². The lowest BCUT2D eigenvalue weighted by atomic mass is 10.1. The van der Waals surface area contributed by atoms with Gasteiger partial charge in [-0.25, -0.2) is 4.79 Å². The van der Waals surface area contributed by atoms with Crippen molar-refractivity contribution in [1.29, 1.82) is 0 Å². The molecule has 0 aliphatic carbocycles. The second-order valence-corrected chi connectivity index (χ2v) is 9.49. The van der Waals surface area contributed by atoms with Gasteiger partial charge >= 0.3 is 11.9 Å². The Hall–Kier alpha value is -2.55. The molecular formula is C26H29BrN2O4S. The number of halogens is 1. The van der Waals surface area contributed by atoms with Crippen molar-refractivity contribution in [3.05, 3.63) is 88.6 Å². The van der Waals surface area contributed by atoms with Crippen LogP contribution in [0.15, 0.2) is 71.9 Å². The summed E-state index contributed by atoms with van der Waals surface area (Å²) in [5.74, 6) is -0.985. The van der Waals surface area contributed by atoms with E-state index in [-0.39, 0.29) is 5.70 Å². The van der Waals surface area contributed by atoms with Gasteiger partial charge in [-0.1, -0.05) is 89.6 Å². The summed E-state index contributed by atoms with van der Waals surface area (Å²) in [5.41, 5.74) is 3.96. The van der Waals surface area contributed by atoms with Gasteiger partial charge in [0.25, 0.3) is 0 Å². The van der Waals surface area contributed by atoms with E-state index in [1.165, 1.54) is 17.3 Å². The Morgan fingerprint density at radius 3 is 2.56 bits per heavy atom. The Balaban J connectivity index is 1.77. The summed E-state index contributed by atoms with van der Waals surface area (Å²) >= 11 is 4.92. The minimum atomic E-state index is -1.05. The predicted octanol–water partition coefficient (Wildman–Crippen LogP) is 4.71. The number of thioether (sulfide) groups is 1. The van der Waals surface area contributed by atoms with Gasteiger partial charge in [-0.2, -0.15) is 0 Å². The SMILES string of the molecule is CCCOC(=O)C(NCc1ccccc1)C1NC(C(=O)O)=C(/C=C/c2ccc(CBr)cc2)CS1. The molecular weight excluding hydrogens is 516 g/mol. The van der Waals surface area contributed by atoms with Crippen molar-refractivity contribution in [1.82, 2.24) is 10.6 Å². The van der Waals surface area contributed by atoms with Crippen LogP contribution in [-0.4, -0.2) is 40.8 Å². The third-order valence-corrected chi connectivity index (χ3v) is 7.10. The molecule has 0 fully saturated rings. The average Bonchev–Trinajstić information content (AvgIpc) is 2.87. The summed E-state index contributed by atoms with van der Waals surface area (Å²) < 4.78 is 5.41. The maximum absolute atomic E-state index is 12.8. The fourth-order valence-electron chi connectivity index (χ4n) is 3.38. The first-order valence-corrected chi connectivity index (χ1v) is 13.3. The largest absolute Gasteiger partial charge is 0.477 e. The van der Waals surface area contributed by atoms with E-state index in [0.717, 1.165) is 16.5 Å². The summed E-state index contributed by atoms with van der Waals surface area (Å²) in [7, 11) is 0. The van der Waals surface area contributed by atoms with E-state index >= 15 is 0 Å². The van der Waals surface area contributed by atoms with Crippen LogP contribution in [0, 0.1) is 0 Å². The van der Waals surface area contributed by atoms with Crippen molar-refractivity contribution < 1.29 is 19.4 Å². The molecule has 1 aliphatic heterocycles. The molecule has 3 rings (SSSR count). The number of carbonyl (C=O) groups excluding carboxylic acids is 1. The number of carboxylic acid groups (broad SMARTS) is 1. The second kappa shape index (κ2) is 13.4. The maximum atomic E-state index is 12.8. The molecule has 0 aromatic heterocycles. The van der Waals surface area contributed by atoms with Gasteiger partial charge in [0.1, 0.15) is 11.7 Å². The molecule has 8 heteroatoms. The predicted molar refractivity (Wildman–Crippen MR) is 140 cm³/mol. The van der Waals surface area contributed by atoms with Crippen LogP contribution in [0.25, 0.3) is 6.08 Å². The van der Waals surface area contributed by atoms with Crippen molar-refractivity contribution >= 4 is 45.7 Å². The number of aliphatic carboxylic acids is 1. The standard InChI is InChI=1S/C26H29BrN2O4S/c1-2-14-33-26(32)23(28-16-20-6-4-3-5-7-20)24-29-22(25(30)31)21(17-34-24)13-12-18-8-10-19(15-27)11-9-18/h3-13,23-24,28-29H,2,14-17H2,1H3,(H,30,31)/b13-12+. The summed E-state index contributed by atoms with van der Waals surface area (Å²) in [6, 6.07) is 17.1. The molecule has 1 heterocycles. The van der Waals surface area contributed by atoms with Gasteiger partial charge in [0.05, 0.1) is 12.0 Å². The van der Waals surface area contributed by atoms with E-state index < -0.39 is 23.4 Å². The van der Waals surface area contributed by atoms with Gasteiger partial charge in [-0.05, 0) is 28.7 Å². The first-order valence-electron chi connectivity index (χ1n) is 11.1. The van der Waals surface area contributed by atoms with Gasteiger partial charge in [0, 0.05) is 17.6 Å². The molecule has 0 bridgehead atoms. The molecule has 2 atom stereocenters. The molecule has 0 spiro atoms. The minimum Gasteiger partial charge on any atom is -0.477 e. The zero-order chi connectivity index (χ0) is 24.3. The lowest BCUT2D eigenvalue weighted by molar-refractivity contribution is -0.146. The van der Waals surface area contributed by atoms with Crippen LogP contribution >= 0.6 is 27.7 Å². The smallest absolute Gasteiger partial charge is 0.352 e. The van der Waals surface area contributed by atoms with E-state index in [4.69, 9.17) is 4.74 Å². The highest BCUT2D eigenvalue weighted by Gasteiger charge is 2.34. The van der Waals surface area contributed by atoms with Gasteiger partial charge in [-0.3, -0.25) is 10.1 Å². The van der Waals surface area contributed by atoms with E-state index in [0.29, 0.717) is 30.9 Å². The number of hydrogen-bond donors (Lipinski definition) is 3. The van der Waals surface area contributed by atoms with Crippen LogP contribution in [-0.2, 0) is 26.2 Å². The van der Waals surface area contributed by atoms with Crippen molar-refractivity contribution in [3.63, 3.8) is 0 Å². The fraction of sp³-hybridized carbons (Fsp3) is 0.308. The third-order valence-electron chi connectivity index (χ3n) is 5.23. The summed E-state index contributed by atoms with van der Waals surface area (Å²) in [5, 5.41) is 16.5. The highest BCUT2D eigenvalue weighted by atomic mass is 79.9. The number of hydrogen-bond acceptors (Lipinski definition) is 6. The Kier molecular flexibility index (Phi) is 10.2. The molecule has 0 amide bonds. The van der Waals surface area contributed by atoms with Crippen LogP contribution < -0.4 is 10.6 Å². The topological polar surface area (TPSA) is 87.7 Å². The average molecular weight is 545 g/mol. The molecule has 6 nitrogen and oxygen atoms in total. The number of carbonyl (C=O) groups is 2. The minimum absolute atomic E-state index is 0.104. The highest BCUT2D eigenvalue weighted by Crippen LogP contribution is 2.27. The number of carboxylic acids is 1. The molecule has 2 aromatic rings. The Morgan fingerprint density at radius 2 is 1.91 bits per heavy atom. The lowest BCUT2D eigenvalue weighted by Crippen LogP contribution is -2.53. The highest BCUT2D eigenvalue weighted by molar-refractivity contribution is 9.08. The van der Waals surface area contributed by atoms with Crippen LogP contribution in [0.2, 0.25) is 0 Å². The Labute approximate surface area is 213 Å². The molecule has 34 heavy (non-hydrogen) atoms. The molecule has 0 saturated carbocycles. The normalized spacial score (nSPS) is 16.8. The molecule has 0 radical (unpaired) electrons. The first kappa shape index (κ1) is 26.1. The van der Waals surface area contributed by atoms with E-state index in [9.17, 15) is 14.7 Å². The molecule has 3 N–H and O–H groups in total. The quantitative estimate of drug-likeness (QED) is 0.279. The van der Waals surface area contributed by atoms with Crippen LogP contribution in [0.5, 0.6) is 0 Å². The van der Waals surface area contributed by atoms with Crippen molar-refractivity contribution in [2.45, 2.75) is 36.6 Å². The number of allylic oxidation sites excluding steroid dienone is 1. The number of benzene rings is 2. The lowest BCUT2D eigenvalue weighted by Gasteiger charge is -2.32. The maximum Gasteiger partial charge on any atom is 0.352 e. The monoisotopic (exact) mass is 544 g/mol.